The summed E-state index contributed by atoms with van der Waals surface area (Å²) in [4.78, 5) is 17.8. The number of nitrogens with one attached hydrogen (secondary N) is 1. The first-order valence-electron chi connectivity index (χ1n) is 10.7. The molecule has 0 aromatic heterocycles. The summed E-state index contributed by atoms with van der Waals surface area (Å²) in [6.45, 7) is 7.23. The lowest BCUT2D eigenvalue weighted by molar-refractivity contribution is -0.126. The number of rotatable bonds is 5. The molecule has 6 heteroatoms. The van der Waals surface area contributed by atoms with E-state index in [0.29, 0.717) is 18.9 Å². The third kappa shape index (κ3) is 4.09. The third-order valence-electron chi connectivity index (χ3n) is 6.14. The van der Waals surface area contributed by atoms with Crippen molar-refractivity contribution in [1.29, 1.82) is 0 Å². The number of fused-ring (bicyclic) bond motifs is 3. The largest absolute Gasteiger partial charge is 0.497 e. The smallest absolute Gasteiger partial charge is 0.225 e. The molecule has 4 rings (SSSR count). The molecule has 2 aliphatic heterocycles. The van der Waals surface area contributed by atoms with E-state index < -0.39 is 0 Å². The Hall–Kier alpha value is -2.76. The van der Waals surface area contributed by atoms with Crippen molar-refractivity contribution in [2.45, 2.75) is 26.3 Å². The number of anilines is 2. The predicted molar refractivity (Wildman–Crippen MR) is 118 cm³/mol. The summed E-state index contributed by atoms with van der Waals surface area (Å²) < 4.78 is 18.8. The molecular weight excluding hydrogens is 381 g/mol. The Labute approximate surface area is 177 Å². The molecular formula is C24H30FN3O2. The first-order valence-corrected chi connectivity index (χ1v) is 10.7. The zero-order valence-electron chi connectivity index (χ0n) is 17.9. The highest BCUT2D eigenvalue weighted by Gasteiger charge is 2.41. The maximum atomic E-state index is 13.4. The van der Waals surface area contributed by atoms with Gasteiger partial charge in [-0.2, -0.15) is 0 Å². The number of benzene rings is 2. The van der Waals surface area contributed by atoms with Crippen LogP contribution in [-0.4, -0.2) is 45.2 Å². The van der Waals surface area contributed by atoms with Gasteiger partial charge in [-0.05, 0) is 48.2 Å². The fourth-order valence-corrected chi connectivity index (χ4v) is 4.53. The molecule has 0 aliphatic carbocycles. The number of methoxy groups -OCH3 is 1. The highest BCUT2D eigenvalue weighted by Crippen LogP contribution is 2.39. The molecule has 1 amide bonds. The van der Waals surface area contributed by atoms with Gasteiger partial charge in [0, 0.05) is 43.6 Å². The second kappa shape index (κ2) is 8.54. The number of hydrogen-bond donors (Lipinski definition) is 1. The molecule has 5 nitrogen and oxygen atoms in total. The van der Waals surface area contributed by atoms with Crippen molar-refractivity contribution in [3.05, 3.63) is 53.8 Å². The van der Waals surface area contributed by atoms with Crippen LogP contribution in [0.15, 0.2) is 42.5 Å². The van der Waals surface area contributed by atoms with Crippen molar-refractivity contribution >= 4 is 17.3 Å². The molecule has 1 saturated heterocycles. The molecule has 1 N–H and O–H groups in total. The average molecular weight is 412 g/mol. The Kier molecular flexibility index (Phi) is 5.84. The van der Waals surface area contributed by atoms with Crippen LogP contribution in [0.4, 0.5) is 15.8 Å². The molecule has 2 aromatic carbocycles. The summed E-state index contributed by atoms with van der Waals surface area (Å²) in [5, 5.41) is 3.14. The Morgan fingerprint density at radius 1 is 1.20 bits per heavy atom. The normalized spacial score (nSPS) is 20.6. The first kappa shape index (κ1) is 20.5. The fraction of sp³-hybridized carbons (Fsp3) is 0.458. The van der Waals surface area contributed by atoms with Crippen LogP contribution in [-0.2, 0) is 11.2 Å². The molecule has 0 saturated carbocycles. The second-order valence-corrected chi connectivity index (χ2v) is 8.63. The van der Waals surface area contributed by atoms with Gasteiger partial charge in [-0.25, -0.2) is 4.39 Å². The van der Waals surface area contributed by atoms with Crippen molar-refractivity contribution in [3.8, 4) is 5.75 Å². The van der Waals surface area contributed by atoms with Crippen molar-refractivity contribution in [1.82, 2.24) is 5.32 Å². The maximum absolute atomic E-state index is 13.4. The number of carbonyl (C=O) groups excluding carboxylic acids is 1. The van der Waals surface area contributed by atoms with E-state index in [0.717, 1.165) is 36.8 Å². The average Bonchev–Trinajstić information content (AvgIpc) is 2.76. The molecule has 1 fully saturated rings. The van der Waals surface area contributed by atoms with Gasteiger partial charge in [0.15, 0.2) is 0 Å². The number of amides is 1. The molecule has 2 unspecified atom stereocenters. The van der Waals surface area contributed by atoms with Gasteiger partial charge in [-0.15, -0.1) is 0 Å². The molecule has 160 valence electrons. The number of carbonyl (C=O) groups is 1. The van der Waals surface area contributed by atoms with E-state index in [4.69, 9.17) is 4.74 Å². The Bertz CT molecular complexity index is 900. The first-order chi connectivity index (χ1) is 14.5. The minimum atomic E-state index is -0.234. The lowest BCUT2D eigenvalue weighted by atomic mass is 9.83. The van der Waals surface area contributed by atoms with Crippen molar-refractivity contribution in [2.24, 2.45) is 11.8 Å². The number of nitrogens with zero attached hydrogens (tertiary/aromatic N) is 2. The predicted octanol–water partition coefficient (Wildman–Crippen LogP) is 3.47. The van der Waals surface area contributed by atoms with E-state index in [9.17, 15) is 9.18 Å². The van der Waals surface area contributed by atoms with Crippen LogP contribution < -0.4 is 19.9 Å². The highest BCUT2D eigenvalue weighted by atomic mass is 19.1. The quantitative estimate of drug-likeness (QED) is 0.818. The number of hydrogen-bond acceptors (Lipinski definition) is 4. The molecule has 2 aromatic rings. The molecule has 2 aliphatic rings. The van der Waals surface area contributed by atoms with Crippen LogP contribution in [0.2, 0.25) is 0 Å². The van der Waals surface area contributed by atoms with E-state index in [1.807, 2.05) is 18.2 Å². The van der Waals surface area contributed by atoms with Crippen LogP contribution >= 0.6 is 0 Å². The minimum absolute atomic E-state index is 0.0515. The van der Waals surface area contributed by atoms with E-state index in [-0.39, 0.29) is 23.7 Å². The topological polar surface area (TPSA) is 44.8 Å². The molecule has 0 bridgehead atoms. The van der Waals surface area contributed by atoms with E-state index >= 15 is 0 Å². The summed E-state index contributed by atoms with van der Waals surface area (Å²) in [5.74, 6) is 0.986. The zero-order valence-corrected chi connectivity index (χ0v) is 17.9. The van der Waals surface area contributed by atoms with Gasteiger partial charge >= 0.3 is 0 Å². The summed E-state index contributed by atoms with van der Waals surface area (Å²) in [6, 6.07) is 12.8. The second-order valence-electron chi connectivity index (χ2n) is 8.63. The summed E-state index contributed by atoms with van der Waals surface area (Å²) in [7, 11) is 1.68. The van der Waals surface area contributed by atoms with Crippen LogP contribution in [0, 0.1) is 17.7 Å². The number of piperazine rings is 1. The minimum Gasteiger partial charge on any atom is -0.497 e. The Balaban J connectivity index is 1.64. The zero-order chi connectivity index (χ0) is 21.3. The Morgan fingerprint density at radius 3 is 2.67 bits per heavy atom. The van der Waals surface area contributed by atoms with Gasteiger partial charge in [0.25, 0.3) is 0 Å². The van der Waals surface area contributed by atoms with Gasteiger partial charge in [0.1, 0.15) is 11.6 Å². The van der Waals surface area contributed by atoms with E-state index in [2.05, 4.69) is 41.1 Å². The molecule has 0 radical (unpaired) electrons. The molecule has 2 heterocycles. The Morgan fingerprint density at radius 2 is 1.97 bits per heavy atom. The van der Waals surface area contributed by atoms with Crippen LogP contribution in [0.1, 0.15) is 19.4 Å². The molecule has 0 spiro atoms. The summed E-state index contributed by atoms with van der Waals surface area (Å²) in [6.07, 6.45) is 0.710. The maximum Gasteiger partial charge on any atom is 0.225 e. The summed E-state index contributed by atoms with van der Waals surface area (Å²) >= 11 is 0. The number of halogens is 1. The molecule has 2 atom stereocenters. The van der Waals surface area contributed by atoms with Crippen molar-refractivity contribution in [2.75, 3.05) is 43.1 Å². The van der Waals surface area contributed by atoms with Crippen LogP contribution in [0.5, 0.6) is 5.75 Å². The van der Waals surface area contributed by atoms with Gasteiger partial charge in [0.05, 0.1) is 19.1 Å². The molecule has 30 heavy (non-hydrogen) atoms. The third-order valence-corrected chi connectivity index (χ3v) is 6.14. The van der Waals surface area contributed by atoms with Crippen molar-refractivity contribution < 1.29 is 13.9 Å². The van der Waals surface area contributed by atoms with Gasteiger partial charge in [-0.1, -0.05) is 19.9 Å². The fourth-order valence-electron chi connectivity index (χ4n) is 4.53. The van der Waals surface area contributed by atoms with Crippen molar-refractivity contribution in [3.63, 3.8) is 0 Å². The SMILES string of the molecule is COc1ccc2c(c1)N1CCN(c3ccc(F)cc3)CC1C(C(=O)NCC(C)C)C2. The monoisotopic (exact) mass is 411 g/mol. The summed E-state index contributed by atoms with van der Waals surface area (Å²) in [5.41, 5.74) is 3.34. The van der Waals surface area contributed by atoms with E-state index in [1.165, 1.54) is 17.7 Å². The standard InChI is InChI=1S/C24H30FN3O2/c1-16(2)14-26-24(29)21-12-17-4-9-20(30-3)13-22(17)28-11-10-27(15-23(21)28)19-7-5-18(25)6-8-19/h4-9,13,16,21,23H,10-12,14-15H2,1-3H3,(H,26,29). The van der Waals surface area contributed by atoms with Crippen LogP contribution in [0.25, 0.3) is 0 Å². The van der Waals surface area contributed by atoms with Gasteiger partial charge in [0.2, 0.25) is 5.91 Å². The lowest BCUT2D eigenvalue weighted by Gasteiger charge is -2.49. The van der Waals surface area contributed by atoms with Gasteiger partial charge < -0.3 is 19.9 Å². The number of ether oxygens (including phenoxy) is 1. The lowest BCUT2D eigenvalue weighted by Crippen LogP contribution is -2.61. The van der Waals surface area contributed by atoms with E-state index in [1.54, 1.807) is 7.11 Å². The van der Waals surface area contributed by atoms with Crippen LogP contribution in [0.3, 0.4) is 0 Å². The highest BCUT2D eigenvalue weighted by molar-refractivity contribution is 5.82. The van der Waals surface area contributed by atoms with Gasteiger partial charge in [-0.3, -0.25) is 4.79 Å².